The van der Waals surface area contributed by atoms with Crippen molar-refractivity contribution >= 4 is 34.4 Å². The Labute approximate surface area is 161 Å². The van der Waals surface area contributed by atoms with Gasteiger partial charge < -0.3 is 14.6 Å². The molecule has 0 saturated carbocycles. The SMILES string of the molecule is CCN(CC)c1ccc2oc(=O)c(C(=O)NCCN3C(=O)C=CC3=O)cc2c1. The molecule has 0 radical (unpaired) electrons. The average molecular weight is 383 g/mol. The third-order valence-electron chi connectivity index (χ3n) is 4.61. The molecule has 0 atom stereocenters. The van der Waals surface area contributed by atoms with Crippen LogP contribution >= 0.6 is 0 Å². The summed E-state index contributed by atoms with van der Waals surface area (Å²) in [7, 11) is 0. The minimum absolute atomic E-state index is 0.0292. The molecule has 1 aromatic carbocycles. The number of imide groups is 1. The van der Waals surface area contributed by atoms with Crippen molar-refractivity contribution in [1.82, 2.24) is 10.2 Å². The number of rotatable bonds is 7. The van der Waals surface area contributed by atoms with Gasteiger partial charge in [0, 0.05) is 49.4 Å². The van der Waals surface area contributed by atoms with Crippen molar-refractivity contribution in [1.29, 1.82) is 0 Å². The minimum atomic E-state index is -0.740. The van der Waals surface area contributed by atoms with E-state index in [0.29, 0.717) is 11.0 Å². The van der Waals surface area contributed by atoms with Crippen molar-refractivity contribution in [3.8, 4) is 0 Å². The molecule has 1 aromatic heterocycles. The number of benzene rings is 1. The van der Waals surface area contributed by atoms with Crippen LogP contribution < -0.4 is 15.8 Å². The van der Waals surface area contributed by atoms with Crippen LogP contribution in [0.1, 0.15) is 24.2 Å². The number of carbonyl (C=O) groups excluding carboxylic acids is 3. The third-order valence-corrected chi connectivity index (χ3v) is 4.61. The maximum absolute atomic E-state index is 12.4. The first-order valence-corrected chi connectivity index (χ1v) is 9.09. The van der Waals surface area contributed by atoms with E-state index in [1.54, 1.807) is 6.07 Å². The number of nitrogens with zero attached hydrogens (tertiary/aromatic N) is 2. The van der Waals surface area contributed by atoms with E-state index >= 15 is 0 Å². The van der Waals surface area contributed by atoms with Gasteiger partial charge >= 0.3 is 5.63 Å². The number of fused-ring (bicyclic) bond motifs is 1. The van der Waals surface area contributed by atoms with Crippen molar-refractivity contribution < 1.29 is 18.8 Å². The maximum Gasteiger partial charge on any atom is 0.349 e. The summed E-state index contributed by atoms with van der Waals surface area (Å²) in [6.07, 6.45) is 2.35. The summed E-state index contributed by atoms with van der Waals surface area (Å²) in [5.41, 5.74) is 0.505. The predicted molar refractivity (Wildman–Crippen MR) is 104 cm³/mol. The molecule has 3 rings (SSSR count). The molecule has 1 aliphatic rings. The van der Waals surface area contributed by atoms with E-state index < -0.39 is 23.3 Å². The summed E-state index contributed by atoms with van der Waals surface area (Å²) in [6.45, 7) is 5.81. The lowest BCUT2D eigenvalue weighted by Crippen LogP contribution is -2.39. The Hall–Kier alpha value is -3.42. The highest BCUT2D eigenvalue weighted by Crippen LogP contribution is 2.22. The predicted octanol–water partition coefficient (Wildman–Crippen LogP) is 1.29. The van der Waals surface area contributed by atoms with Crippen LogP contribution in [0.25, 0.3) is 11.0 Å². The van der Waals surface area contributed by atoms with Crippen LogP contribution in [0.4, 0.5) is 5.69 Å². The van der Waals surface area contributed by atoms with E-state index in [-0.39, 0.29) is 18.7 Å². The first kappa shape index (κ1) is 19.3. The topological polar surface area (TPSA) is 99.9 Å². The zero-order valence-corrected chi connectivity index (χ0v) is 15.7. The molecular formula is C20H21N3O5. The van der Waals surface area contributed by atoms with E-state index in [1.807, 2.05) is 26.0 Å². The molecule has 146 valence electrons. The lowest BCUT2D eigenvalue weighted by atomic mass is 10.1. The van der Waals surface area contributed by atoms with Gasteiger partial charge in [-0.2, -0.15) is 0 Å². The zero-order valence-electron chi connectivity index (χ0n) is 15.7. The highest BCUT2D eigenvalue weighted by atomic mass is 16.4. The summed E-state index contributed by atoms with van der Waals surface area (Å²) >= 11 is 0. The zero-order chi connectivity index (χ0) is 20.3. The van der Waals surface area contributed by atoms with Gasteiger partial charge in [-0.05, 0) is 38.1 Å². The lowest BCUT2D eigenvalue weighted by Gasteiger charge is -2.21. The largest absolute Gasteiger partial charge is 0.422 e. The van der Waals surface area contributed by atoms with Gasteiger partial charge in [0.1, 0.15) is 11.1 Å². The molecule has 2 aromatic rings. The highest BCUT2D eigenvalue weighted by molar-refractivity contribution is 6.12. The van der Waals surface area contributed by atoms with Crippen molar-refractivity contribution in [2.24, 2.45) is 0 Å². The van der Waals surface area contributed by atoms with E-state index in [0.717, 1.165) is 23.7 Å². The molecule has 8 heteroatoms. The van der Waals surface area contributed by atoms with Crippen LogP contribution in [0, 0.1) is 0 Å². The molecule has 0 aliphatic carbocycles. The van der Waals surface area contributed by atoms with Gasteiger partial charge in [0.2, 0.25) is 0 Å². The monoisotopic (exact) mass is 383 g/mol. The molecular weight excluding hydrogens is 362 g/mol. The first-order chi connectivity index (χ1) is 13.4. The molecule has 0 spiro atoms. The van der Waals surface area contributed by atoms with Crippen LogP contribution in [0.2, 0.25) is 0 Å². The number of amides is 3. The number of anilines is 1. The van der Waals surface area contributed by atoms with Crippen LogP contribution in [-0.2, 0) is 9.59 Å². The smallest absolute Gasteiger partial charge is 0.349 e. The summed E-state index contributed by atoms with van der Waals surface area (Å²) in [5, 5.41) is 3.19. The Balaban J connectivity index is 1.76. The number of nitrogens with one attached hydrogen (secondary N) is 1. The van der Waals surface area contributed by atoms with Gasteiger partial charge in [0.25, 0.3) is 17.7 Å². The highest BCUT2D eigenvalue weighted by Gasteiger charge is 2.23. The quantitative estimate of drug-likeness (QED) is 0.571. The van der Waals surface area contributed by atoms with Crippen molar-refractivity contribution in [3.05, 3.63) is 52.4 Å². The van der Waals surface area contributed by atoms with Crippen LogP contribution in [0.15, 0.2) is 45.6 Å². The van der Waals surface area contributed by atoms with Gasteiger partial charge in [0.15, 0.2) is 0 Å². The Kier molecular flexibility index (Phi) is 5.58. The first-order valence-electron chi connectivity index (χ1n) is 9.09. The van der Waals surface area contributed by atoms with Gasteiger partial charge in [0.05, 0.1) is 0 Å². The Morgan fingerprint density at radius 2 is 1.75 bits per heavy atom. The molecule has 0 saturated heterocycles. The van der Waals surface area contributed by atoms with Gasteiger partial charge in [-0.25, -0.2) is 4.79 Å². The van der Waals surface area contributed by atoms with Gasteiger partial charge in [-0.15, -0.1) is 0 Å². The van der Waals surface area contributed by atoms with Crippen molar-refractivity contribution in [3.63, 3.8) is 0 Å². The Morgan fingerprint density at radius 3 is 2.39 bits per heavy atom. The molecule has 0 bridgehead atoms. The molecule has 8 nitrogen and oxygen atoms in total. The summed E-state index contributed by atoms with van der Waals surface area (Å²) in [6, 6.07) is 6.95. The minimum Gasteiger partial charge on any atom is -0.422 e. The fourth-order valence-electron chi connectivity index (χ4n) is 3.08. The second-order valence-electron chi connectivity index (χ2n) is 6.26. The van der Waals surface area contributed by atoms with Crippen LogP contribution in [-0.4, -0.2) is 48.8 Å². The fraction of sp³-hybridized carbons (Fsp3) is 0.300. The van der Waals surface area contributed by atoms with E-state index in [2.05, 4.69) is 10.2 Å². The Bertz CT molecular complexity index is 1000. The van der Waals surface area contributed by atoms with E-state index in [1.165, 1.54) is 18.2 Å². The molecule has 0 unspecified atom stereocenters. The summed E-state index contributed by atoms with van der Waals surface area (Å²) < 4.78 is 5.27. The van der Waals surface area contributed by atoms with Crippen LogP contribution in [0.5, 0.6) is 0 Å². The molecule has 2 heterocycles. The molecule has 28 heavy (non-hydrogen) atoms. The molecule has 1 aliphatic heterocycles. The van der Waals surface area contributed by atoms with Gasteiger partial charge in [-0.1, -0.05) is 0 Å². The molecule has 1 N–H and O–H groups in total. The fourth-order valence-corrected chi connectivity index (χ4v) is 3.08. The van der Waals surface area contributed by atoms with Crippen molar-refractivity contribution in [2.45, 2.75) is 13.8 Å². The van der Waals surface area contributed by atoms with Gasteiger partial charge in [-0.3, -0.25) is 19.3 Å². The standard InChI is InChI=1S/C20H21N3O5/c1-3-22(4-2)14-5-6-16-13(11-14)12-15(20(27)28-16)19(26)21-9-10-23-17(24)7-8-18(23)25/h5-8,11-12H,3-4,9-10H2,1-2H3,(H,21,26). The second kappa shape index (κ2) is 8.08. The summed E-state index contributed by atoms with van der Waals surface area (Å²) in [4.78, 5) is 50.7. The van der Waals surface area contributed by atoms with E-state index in [9.17, 15) is 19.2 Å². The normalized spacial score (nSPS) is 13.4. The Morgan fingerprint density at radius 1 is 1.07 bits per heavy atom. The van der Waals surface area contributed by atoms with Crippen molar-refractivity contribution in [2.75, 3.05) is 31.1 Å². The maximum atomic E-state index is 12.4. The molecule has 0 fully saturated rings. The second-order valence-corrected chi connectivity index (χ2v) is 6.26. The number of hydrogen-bond donors (Lipinski definition) is 1. The third kappa shape index (κ3) is 3.80. The summed E-state index contributed by atoms with van der Waals surface area (Å²) in [5.74, 6) is -1.46. The van der Waals surface area contributed by atoms with E-state index in [4.69, 9.17) is 4.42 Å². The lowest BCUT2D eigenvalue weighted by molar-refractivity contribution is -0.136. The number of carbonyl (C=O) groups is 3. The van der Waals surface area contributed by atoms with Crippen LogP contribution in [0.3, 0.4) is 0 Å². The average Bonchev–Trinajstić information content (AvgIpc) is 3.00. The number of hydrogen-bond acceptors (Lipinski definition) is 6. The molecule has 3 amide bonds.